The van der Waals surface area contributed by atoms with Crippen molar-refractivity contribution in [1.29, 1.82) is 0 Å². The summed E-state index contributed by atoms with van der Waals surface area (Å²) in [5.74, 6) is 0.775. The lowest BCUT2D eigenvalue weighted by molar-refractivity contribution is 0.343. The van der Waals surface area contributed by atoms with E-state index in [0.29, 0.717) is 22.5 Å². The van der Waals surface area contributed by atoms with Gasteiger partial charge in [0.15, 0.2) is 0 Å². The van der Waals surface area contributed by atoms with E-state index in [-0.39, 0.29) is 12.4 Å². The number of aromatic hydroxyl groups is 1. The van der Waals surface area contributed by atoms with Crippen molar-refractivity contribution in [3.05, 3.63) is 103 Å². The number of phenols is 1. The highest BCUT2D eigenvalue weighted by molar-refractivity contribution is 6.27. The zero-order chi connectivity index (χ0) is 23.9. The molecule has 170 valence electrons. The van der Waals surface area contributed by atoms with Gasteiger partial charge in [0.2, 0.25) is 0 Å². The van der Waals surface area contributed by atoms with Crippen LogP contribution in [0, 0.1) is 0 Å². The highest BCUT2D eigenvalue weighted by Crippen LogP contribution is 2.50. The smallest absolute Gasteiger partial charge is 0.144 e. The predicted molar refractivity (Wildman–Crippen MR) is 142 cm³/mol. The van der Waals surface area contributed by atoms with Gasteiger partial charge in [0.25, 0.3) is 0 Å². The van der Waals surface area contributed by atoms with Gasteiger partial charge >= 0.3 is 0 Å². The molecule has 4 nitrogen and oxygen atoms in total. The molecule has 0 saturated heterocycles. The fourth-order valence-corrected chi connectivity index (χ4v) is 4.87. The van der Waals surface area contributed by atoms with E-state index in [1.54, 1.807) is 36.4 Å². The monoisotopic (exact) mass is 458 g/mol. The minimum Gasteiger partial charge on any atom is -0.508 e. The second kappa shape index (κ2) is 8.35. The molecule has 0 atom stereocenters. The molecule has 0 amide bonds. The van der Waals surface area contributed by atoms with E-state index in [0.717, 1.165) is 44.0 Å². The number of benzene rings is 4. The van der Waals surface area contributed by atoms with Crippen molar-refractivity contribution in [3.8, 4) is 28.0 Å². The molecule has 0 unspecified atom stereocenters. The minimum atomic E-state index is -0.100. The summed E-state index contributed by atoms with van der Waals surface area (Å²) in [5.41, 5.74) is 6.64. The Labute approximate surface area is 201 Å². The van der Waals surface area contributed by atoms with E-state index >= 15 is 0 Å². The molecule has 0 bridgehead atoms. The van der Waals surface area contributed by atoms with Gasteiger partial charge in [-0.05, 0) is 35.4 Å². The van der Waals surface area contributed by atoms with E-state index in [2.05, 4.69) is 6.58 Å². The number of rotatable bonds is 5. The maximum absolute atomic E-state index is 10.3. The quantitative estimate of drug-likeness (QED) is 0.274. The van der Waals surface area contributed by atoms with Crippen LogP contribution in [-0.2, 0) is 0 Å². The van der Waals surface area contributed by atoms with Crippen LogP contribution in [0.25, 0.3) is 67.3 Å². The van der Waals surface area contributed by atoms with Crippen molar-refractivity contribution in [2.24, 2.45) is 0 Å². The lowest BCUT2D eigenvalue weighted by atomic mass is 9.90. The molecule has 0 saturated carbocycles. The molecule has 4 heteroatoms. The fraction of sp³-hybridized carbons (Fsp3) is 0.0323. The first-order valence-electron chi connectivity index (χ1n) is 11.4. The zero-order valence-electron chi connectivity index (χ0n) is 18.9. The number of furan rings is 2. The highest BCUT2D eigenvalue weighted by Gasteiger charge is 2.27. The van der Waals surface area contributed by atoms with Gasteiger partial charge in [0, 0.05) is 32.8 Å². The SMILES string of the molecule is C=Cc1c(/C=C\CO)oc2c(-c3ccccc3)c3c(oc4ccc(O)cc43)c(-c3ccccc3)c12. The van der Waals surface area contributed by atoms with Gasteiger partial charge in [-0.25, -0.2) is 0 Å². The summed E-state index contributed by atoms with van der Waals surface area (Å²) >= 11 is 0. The Bertz CT molecular complexity index is 1740. The van der Waals surface area contributed by atoms with Crippen LogP contribution in [0.5, 0.6) is 5.75 Å². The Morgan fingerprint density at radius 2 is 1.40 bits per heavy atom. The van der Waals surface area contributed by atoms with E-state index in [1.165, 1.54) is 0 Å². The number of aliphatic hydroxyl groups excluding tert-OH is 1. The zero-order valence-corrected chi connectivity index (χ0v) is 18.9. The van der Waals surface area contributed by atoms with Gasteiger partial charge in [-0.3, -0.25) is 0 Å². The van der Waals surface area contributed by atoms with Crippen LogP contribution < -0.4 is 0 Å². The Kier molecular flexibility index (Phi) is 5.02. The molecule has 6 rings (SSSR count). The second-order valence-corrected chi connectivity index (χ2v) is 8.34. The van der Waals surface area contributed by atoms with Crippen molar-refractivity contribution in [1.82, 2.24) is 0 Å². The minimum absolute atomic E-state index is 0.100. The van der Waals surface area contributed by atoms with Crippen molar-refractivity contribution in [3.63, 3.8) is 0 Å². The van der Waals surface area contributed by atoms with Crippen molar-refractivity contribution < 1.29 is 19.0 Å². The standard InChI is InChI=1S/C31H22O4/c1-2-22-24(14-9-17-32)34-30-27(20-12-7-4-8-13-20)29-23-18-21(33)15-16-25(23)35-31(29)26(28(22)30)19-10-5-3-6-11-19/h2-16,18,32-33H,1,17H2/b14-9-. The van der Waals surface area contributed by atoms with Gasteiger partial charge in [-0.15, -0.1) is 0 Å². The van der Waals surface area contributed by atoms with Crippen LogP contribution in [0.3, 0.4) is 0 Å². The maximum Gasteiger partial charge on any atom is 0.144 e. The average molecular weight is 459 g/mol. The normalized spacial score (nSPS) is 11.8. The molecule has 35 heavy (non-hydrogen) atoms. The highest BCUT2D eigenvalue weighted by atomic mass is 16.3. The first-order chi connectivity index (χ1) is 17.2. The number of aliphatic hydroxyl groups is 1. The molecular formula is C31H22O4. The van der Waals surface area contributed by atoms with E-state index in [4.69, 9.17) is 8.83 Å². The molecule has 2 aromatic heterocycles. The third-order valence-electron chi connectivity index (χ3n) is 6.30. The number of fused-ring (bicyclic) bond motifs is 4. The summed E-state index contributed by atoms with van der Waals surface area (Å²) in [6.45, 7) is 3.97. The van der Waals surface area contributed by atoms with Crippen LogP contribution in [0.1, 0.15) is 11.3 Å². The maximum atomic E-state index is 10.3. The first-order valence-corrected chi connectivity index (χ1v) is 11.4. The van der Waals surface area contributed by atoms with Crippen LogP contribution in [0.4, 0.5) is 0 Å². The largest absolute Gasteiger partial charge is 0.508 e. The average Bonchev–Trinajstić information content (AvgIpc) is 3.44. The van der Waals surface area contributed by atoms with Crippen LogP contribution in [-0.4, -0.2) is 16.8 Å². The summed E-state index contributed by atoms with van der Waals surface area (Å²) in [5, 5.41) is 22.3. The molecule has 0 aliphatic carbocycles. The Morgan fingerprint density at radius 1 is 0.771 bits per heavy atom. The van der Waals surface area contributed by atoms with Crippen LogP contribution >= 0.6 is 0 Å². The Hall–Kier alpha value is -4.54. The summed E-state index contributed by atoms with van der Waals surface area (Å²) in [6, 6.07) is 25.2. The summed E-state index contributed by atoms with van der Waals surface area (Å²) < 4.78 is 13.0. The molecule has 0 fully saturated rings. The molecule has 0 aliphatic heterocycles. The third kappa shape index (κ3) is 3.27. The molecule has 6 aromatic rings. The molecular weight excluding hydrogens is 436 g/mol. The number of phenolic OH excluding ortho intramolecular Hbond substituents is 1. The lowest BCUT2D eigenvalue weighted by Gasteiger charge is -2.11. The molecule has 2 N–H and O–H groups in total. The second-order valence-electron chi connectivity index (χ2n) is 8.34. The van der Waals surface area contributed by atoms with Gasteiger partial charge in [0.05, 0.1) is 6.61 Å². The predicted octanol–water partition coefficient (Wildman–Crippen LogP) is 8.02. The van der Waals surface area contributed by atoms with Crippen molar-refractivity contribution in [2.45, 2.75) is 0 Å². The van der Waals surface area contributed by atoms with Crippen LogP contribution in [0.15, 0.2) is 100 Å². The van der Waals surface area contributed by atoms with Gasteiger partial charge in [0.1, 0.15) is 28.3 Å². The molecule has 0 radical (unpaired) electrons. The van der Waals surface area contributed by atoms with E-state index in [1.807, 2.05) is 60.7 Å². The summed E-state index contributed by atoms with van der Waals surface area (Å²) in [6.07, 6.45) is 5.20. The van der Waals surface area contributed by atoms with Gasteiger partial charge in [-0.1, -0.05) is 79.4 Å². The van der Waals surface area contributed by atoms with Crippen LogP contribution in [0.2, 0.25) is 0 Å². The number of hydrogen-bond acceptors (Lipinski definition) is 4. The van der Waals surface area contributed by atoms with Crippen molar-refractivity contribution in [2.75, 3.05) is 6.61 Å². The summed E-state index contributed by atoms with van der Waals surface area (Å²) in [7, 11) is 0. The first kappa shape index (κ1) is 21.0. The van der Waals surface area contributed by atoms with Crippen molar-refractivity contribution >= 4 is 45.1 Å². The molecule has 2 heterocycles. The van der Waals surface area contributed by atoms with E-state index in [9.17, 15) is 10.2 Å². The Balaban J connectivity index is 1.93. The molecule has 4 aromatic carbocycles. The summed E-state index contributed by atoms with van der Waals surface area (Å²) in [4.78, 5) is 0. The lowest BCUT2D eigenvalue weighted by Crippen LogP contribution is -1.88. The topological polar surface area (TPSA) is 66.7 Å². The van der Waals surface area contributed by atoms with Gasteiger partial charge < -0.3 is 19.0 Å². The Morgan fingerprint density at radius 3 is 2.03 bits per heavy atom. The van der Waals surface area contributed by atoms with E-state index < -0.39 is 0 Å². The third-order valence-corrected chi connectivity index (χ3v) is 6.30. The number of hydrogen-bond donors (Lipinski definition) is 2. The van der Waals surface area contributed by atoms with Gasteiger partial charge in [-0.2, -0.15) is 0 Å². The molecule has 0 spiro atoms. The molecule has 0 aliphatic rings. The fourth-order valence-electron chi connectivity index (χ4n) is 4.87.